The molecule has 0 saturated carbocycles. The molecule has 1 amide bonds. The van der Waals surface area contributed by atoms with Crippen LogP contribution in [0, 0.1) is 0 Å². The van der Waals surface area contributed by atoms with E-state index in [-0.39, 0.29) is 13.0 Å². The lowest BCUT2D eigenvalue weighted by Gasteiger charge is -2.29. The Hall–Kier alpha value is -3.84. The molecule has 0 unspecified atom stereocenters. The van der Waals surface area contributed by atoms with Gasteiger partial charge in [-0.1, -0.05) is 72.8 Å². The second-order valence-corrected chi connectivity index (χ2v) is 8.17. The van der Waals surface area contributed by atoms with E-state index >= 15 is 0 Å². The number of ether oxygens (including phenoxy) is 3. The second kappa shape index (κ2) is 11.3. The van der Waals surface area contributed by atoms with Crippen molar-refractivity contribution in [3.05, 3.63) is 101 Å². The minimum absolute atomic E-state index is 0.119. The molecule has 0 aliphatic carbocycles. The Kier molecular flexibility index (Phi) is 7.78. The Balaban J connectivity index is 1.38. The zero-order valence-electron chi connectivity index (χ0n) is 19.1. The van der Waals surface area contributed by atoms with Crippen LogP contribution in [-0.4, -0.2) is 36.8 Å². The van der Waals surface area contributed by atoms with E-state index in [1.165, 1.54) is 12.7 Å². The standard InChI is InChI=1S/C27H28N2O5/c1-32-26(30)24(28-27(31)33-18-21-10-6-3-7-11-21)15-22-12-13-25-23(14-22)17-29(19-34-25)16-20-8-4-2-5-9-20/h2-14,24H,15-19H2,1H3,(H,28,31)/t24-/m1/s1. The van der Waals surface area contributed by atoms with E-state index in [2.05, 4.69) is 22.3 Å². The lowest BCUT2D eigenvalue weighted by atomic mass is 10.0. The first-order valence-corrected chi connectivity index (χ1v) is 11.2. The first-order valence-electron chi connectivity index (χ1n) is 11.2. The highest BCUT2D eigenvalue weighted by Gasteiger charge is 2.24. The van der Waals surface area contributed by atoms with Gasteiger partial charge in [0.2, 0.25) is 0 Å². The van der Waals surface area contributed by atoms with Crippen LogP contribution >= 0.6 is 0 Å². The maximum atomic E-state index is 12.3. The number of fused-ring (bicyclic) bond motifs is 1. The third-order valence-corrected chi connectivity index (χ3v) is 5.60. The highest BCUT2D eigenvalue weighted by Crippen LogP contribution is 2.27. The van der Waals surface area contributed by atoms with E-state index in [1.54, 1.807) is 0 Å². The fraction of sp³-hybridized carbons (Fsp3) is 0.259. The molecule has 1 heterocycles. The summed E-state index contributed by atoms with van der Waals surface area (Å²) < 4.78 is 16.1. The molecule has 7 heteroatoms. The van der Waals surface area contributed by atoms with Gasteiger partial charge in [0.15, 0.2) is 0 Å². The molecule has 34 heavy (non-hydrogen) atoms. The van der Waals surface area contributed by atoms with Crippen molar-refractivity contribution in [1.82, 2.24) is 10.2 Å². The van der Waals surface area contributed by atoms with Crippen LogP contribution in [0.1, 0.15) is 22.3 Å². The van der Waals surface area contributed by atoms with Gasteiger partial charge in [-0.2, -0.15) is 0 Å². The summed E-state index contributed by atoms with van der Waals surface area (Å²) in [6.45, 7) is 2.15. The summed E-state index contributed by atoms with van der Waals surface area (Å²) in [4.78, 5) is 26.9. The van der Waals surface area contributed by atoms with E-state index in [4.69, 9.17) is 14.2 Å². The van der Waals surface area contributed by atoms with Crippen molar-refractivity contribution in [2.45, 2.75) is 32.2 Å². The smallest absolute Gasteiger partial charge is 0.408 e. The van der Waals surface area contributed by atoms with Crippen LogP contribution in [-0.2, 0) is 40.4 Å². The molecule has 0 aromatic heterocycles. The van der Waals surface area contributed by atoms with Crippen molar-refractivity contribution in [3.8, 4) is 5.75 Å². The molecule has 3 aromatic rings. The van der Waals surface area contributed by atoms with Crippen LogP contribution < -0.4 is 10.1 Å². The number of carbonyl (C=O) groups excluding carboxylic acids is 2. The van der Waals surface area contributed by atoms with Crippen molar-refractivity contribution in [3.63, 3.8) is 0 Å². The molecule has 1 atom stereocenters. The molecular formula is C27H28N2O5. The molecule has 0 fully saturated rings. The van der Waals surface area contributed by atoms with E-state index in [1.807, 2.05) is 66.7 Å². The third kappa shape index (κ3) is 6.36. The van der Waals surface area contributed by atoms with Crippen LogP contribution in [0.15, 0.2) is 78.9 Å². The molecule has 1 aliphatic heterocycles. The van der Waals surface area contributed by atoms with Crippen LogP contribution in [0.5, 0.6) is 5.75 Å². The SMILES string of the molecule is COC(=O)[C@@H](Cc1ccc2c(c1)CN(Cc1ccccc1)CO2)NC(=O)OCc1ccccc1. The summed E-state index contributed by atoms with van der Waals surface area (Å²) in [6, 6.07) is 24.5. The van der Waals surface area contributed by atoms with Gasteiger partial charge in [0.05, 0.1) is 7.11 Å². The minimum atomic E-state index is -0.865. The topological polar surface area (TPSA) is 77.1 Å². The van der Waals surface area contributed by atoms with Crippen LogP contribution in [0.25, 0.3) is 0 Å². The van der Waals surface area contributed by atoms with Gasteiger partial charge >= 0.3 is 12.1 Å². The van der Waals surface area contributed by atoms with Gasteiger partial charge < -0.3 is 19.5 Å². The van der Waals surface area contributed by atoms with Crippen LogP contribution in [0.3, 0.4) is 0 Å². The summed E-state index contributed by atoms with van der Waals surface area (Å²) >= 11 is 0. The summed E-state index contributed by atoms with van der Waals surface area (Å²) in [5.41, 5.74) is 4.01. The summed E-state index contributed by atoms with van der Waals surface area (Å²) in [7, 11) is 1.30. The van der Waals surface area contributed by atoms with E-state index in [0.717, 1.165) is 35.5 Å². The quantitative estimate of drug-likeness (QED) is 0.511. The highest BCUT2D eigenvalue weighted by atomic mass is 16.6. The first kappa shape index (κ1) is 23.3. The number of alkyl carbamates (subject to hydrolysis) is 1. The first-order chi connectivity index (χ1) is 16.6. The molecular weight excluding hydrogens is 432 g/mol. The zero-order valence-corrected chi connectivity index (χ0v) is 19.1. The highest BCUT2D eigenvalue weighted by molar-refractivity contribution is 5.81. The van der Waals surface area contributed by atoms with E-state index in [9.17, 15) is 9.59 Å². The number of esters is 1. The molecule has 1 aliphatic rings. The molecule has 0 spiro atoms. The summed E-state index contributed by atoms with van der Waals surface area (Å²) in [5, 5.41) is 2.63. The molecule has 3 aromatic carbocycles. The van der Waals surface area contributed by atoms with Gasteiger partial charge in [-0.15, -0.1) is 0 Å². The van der Waals surface area contributed by atoms with Crippen LogP contribution in [0.4, 0.5) is 4.79 Å². The fourth-order valence-corrected chi connectivity index (χ4v) is 3.89. The second-order valence-electron chi connectivity index (χ2n) is 8.17. The number of hydrogen-bond acceptors (Lipinski definition) is 6. The summed E-state index contributed by atoms with van der Waals surface area (Å²) in [5.74, 6) is 0.300. The van der Waals surface area contributed by atoms with Gasteiger partial charge in [-0.3, -0.25) is 4.90 Å². The monoisotopic (exact) mass is 460 g/mol. The Labute approximate surface area is 199 Å². The summed E-state index contributed by atoms with van der Waals surface area (Å²) in [6.07, 6.45) is -0.395. The fourth-order valence-electron chi connectivity index (χ4n) is 3.89. The number of methoxy groups -OCH3 is 1. The number of amides is 1. The molecule has 0 saturated heterocycles. The van der Waals surface area contributed by atoms with E-state index in [0.29, 0.717) is 6.73 Å². The Morgan fingerprint density at radius 1 is 0.971 bits per heavy atom. The Morgan fingerprint density at radius 2 is 1.68 bits per heavy atom. The van der Waals surface area contributed by atoms with Gasteiger partial charge in [-0.05, 0) is 22.8 Å². The normalized spacial score (nSPS) is 13.8. The Morgan fingerprint density at radius 3 is 2.38 bits per heavy atom. The van der Waals surface area contributed by atoms with Crippen LogP contribution in [0.2, 0.25) is 0 Å². The van der Waals surface area contributed by atoms with Gasteiger partial charge in [0, 0.05) is 25.1 Å². The average Bonchev–Trinajstić information content (AvgIpc) is 2.87. The lowest BCUT2D eigenvalue weighted by molar-refractivity contribution is -0.143. The predicted molar refractivity (Wildman–Crippen MR) is 127 cm³/mol. The number of carbonyl (C=O) groups is 2. The Bertz CT molecular complexity index is 1100. The number of rotatable bonds is 8. The maximum absolute atomic E-state index is 12.3. The number of nitrogens with zero attached hydrogens (tertiary/aromatic N) is 1. The number of benzene rings is 3. The lowest BCUT2D eigenvalue weighted by Crippen LogP contribution is -2.43. The molecule has 0 bridgehead atoms. The van der Waals surface area contributed by atoms with Crippen molar-refractivity contribution in [2.75, 3.05) is 13.8 Å². The third-order valence-electron chi connectivity index (χ3n) is 5.60. The van der Waals surface area contributed by atoms with Gasteiger partial charge in [0.1, 0.15) is 25.1 Å². The number of hydrogen-bond donors (Lipinski definition) is 1. The predicted octanol–water partition coefficient (Wildman–Crippen LogP) is 4.05. The maximum Gasteiger partial charge on any atom is 0.408 e. The van der Waals surface area contributed by atoms with Gasteiger partial charge in [0.25, 0.3) is 0 Å². The average molecular weight is 461 g/mol. The van der Waals surface area contributed by atoms with Gasteiger partial charge in [-0.25, -0.2) is 9.59 Å². The largest absolute Gasteiger partial charge is 0.478 e. The van der Waals surface area contributed by atoms with Crippen molar-refractivity contribution >= 4 is 12.1 Å². The van der Waals surface area contributed by atoms with E-state index < -0.39 is 18.1 Å². The molecule has 1 N–H and O–H groups in total. The van der Waals surface area contributed by atoms with Crippen molar-refractivity contribution < 1.29 is 23.8 Å². The van der Waals surface area contributed by atoms with Crippen molar-refractivity contribution in [1.29, 1.82) is 0 Å². The molecule has 0 radical (unpaired) electrons. The van der Waals surface area contributed by atoms with Crippen molar-refractivity contribution in [2.24, 2.45) is 0 Å². The number of nitrogens with one attached hydrogen (secondary N) is 1. The minimum Gasteiger partial charge on any atom is -0.478 e. The zero-order chi connectivity index (χ0) is 23.8. The molecule has 176 valence electrons. The molecule has 7 nitrogen and oxygen atoms in total. The molecule has 4 rings (SSSR count).